The van der Waals surface area contributed by atoms with Gasteiger partial charge in [0.1, 0.15) is 12.4 Å². The fourth-order valence-corrected chi connectivity index (χ4v) is 5.22. The minimum Gasteiger partial charge on any atom is -0.445 e. The Morgan fingerprint density at radius 3 is 2.70 bits per heavy atom. The zero-order valence-corrected chi connectivity index (χ0v) is 18.0. The number of nitrogens with one attached hydrogen (secondary N) is 1. The largest absolute Gasteiger partial charge is 0.445 e. The first-order valence-corrected chi connectivity index (χ1v) is 11.8. The molecule has 2 aromatic rings. The number of carbonyl (C=O) groups excluding carboxylic acids is 1. The molecule has 2 unspecified atom stereocenters. The van der Waals surface area contributed by atoms with Crippen molar-refractivity contribution in [3.8, 4) is 0 Å². The van der Waals surface area contributed by atoms with Gasteiger partial charge in [0.25, 0.3) is 0 Å². The van der Waals surface area contributed by atoms with Gasteiger partial charge in [-0.15, -0.1) is 0 Å². The van der Waals surface area contributed by atoms with E-state index in [9.17, 15) is 4.79 Å². The van der Waals surface area contributed by atoms with Crippen LogP contribution in [0.1, 0.15) is 29.7 Å². The third-order valence-electron chi connectivity index (χ3n) is 6.27. The summed E-state index contributed by atoms with van der Waals surface area (Å²) in [5.41, 5.74) is 3.40. The van der Waals surface area contributed by atoms with Crippen LogP contribution in [0.3, 0.4) is 0 Å². The smallest absolute Gasteiger partial charge is 0.410 e. The molecule has 0 saturated carbocycles. The molecule has 4 heterocycles. The molecule has 1 amide bonds. The second-order valence-corrected chi connectivity index (χ2v) is 8.90. The molecule has 1 aromatic carbocycles. The van der Waals surface area contributed by atoms with Crippen molar-refractivity contribution in [1.29, 1.82) is 0 Å². The summed E-state index contributed by atoms with van der Waals surface area (Å²) in [4.78, 5) is 26.8. The van der Waals surface area contributed by atoms with E-state index in [1.54, 1.807) is 11.8 Å². The molecule has 8 heteroatoms. The molecule has 30 heavy (non-hydrogen) atoms. The fourth-order valence-electron chi connectivity index (χ4n) is 4.84. The van der Waals surface area contributed by atoms with Crippen LogP contribution >= 0.6 is 11.8 Å². The Bertz CT molecular complexity index is 911. The molecule has 158 valence electrons. The Morgan fingerprint density at radius 1 is 1.20 bits per heavy atom. The highest BCUT2D eigenvalue weighted by Gasteiger charge is 2.44. The molecule has 5 rings (SSSR count). The molecule has 0 aliphatic carbocycles. The maximum absolute atomic E-state index is 12.9. The summed E-state index contributed by atoms with van der Waals surface area (Å²) < 4.78 is 5.65. The van der Waals surface area contributed by atoms with Crippen molar-refractivity contribution in [2.75, 3.05) is 30.8 Å². The summed E-state index contributed by atoms with van der Waals surface area (Å²) in [5, 5.41) is 4.24. The van der Waals surface area contributed by atoms with Gasteiger partial charge in [0.05, 0.1) is 17.8 Å². The lowest BCUT2D eigenvalue weighted by atomic mass is 10.1. The Morgan fingerprint density at radius 2 is 1.97 bits per heavy atom. The van der Waals surface area contributed by atoms with Gasteiger partial charge in [-0.1, -0.05) is 42.1 Å². The fraction of sp³-hybridized carbons (Fsp3) is 0.500. The van der Waals surface area contributed by atoms with Crippen molar-refractivity contribution >= 4 is 23.7 Å². The van der Waals surface area contributed by atoms with Gasteiger partial charge in [0, 0.05) is 25.2 Å². The Kier molecular flexibility index (Phi) is 5.52. The van der Waals surface area contributed by atoms with E-state index in [4.69, 9.17) is 14.7 Å². The van der Waals surface area contributed by atoms with Crippen molar-refractivity contribution < 1.29 is 9.53 Å². The standard InChI is InChI=1S/C22H27N5O2S/c1-30-21-24-19-11-23-10-9-18(19)20(25-21)26-12-16-7-8-17(13-26)27(16)22(28)29-14-15-5-3-2-4-6-15/h2-6,16-17,23H,7-14H2,1H3. The summed E-state index contributed by atoms with van der Waals surface area (Å²) >= 11 is 1.59. The van der Waals surface area contributed by atoms with Crippen LogP contribution in [0.5, 0.6) is 0 Å². The van der Waals surface area contributed by atoms with Crippen molar-refractivity contribution in [2.24, 2.45) is 0 Å². The Labute approximate surface area is 181 Å². The number of thioether (sulfide) groups is 1. The average molecular weight is 426 g/mol. The van der Waals surface area contributed by atoms with Crippen molar-refractivity contribution in [1.82, 2.24) is 20.2 Å². The maximum Gasteiger partial charge on any atom is 0.410 e. The van der Waals surface area contributed by atoms with E-state index in [-0.39, 0.29) is 18.2 Å². The molecule has 7 nitrogen and oxygen atoms in total. The Hall–Kier alpha value is -2.32. The normalized spacial score (nSPS) is 22.7. The molecule has 2 atom stereocenters. The highest BCUT2D eigenvalue weighted by atomic mass is 32.2. The number of piperazine rings is 1. The van der Waals surface area contributed by atoms with Gasteiger partial charge in [0.15, 0.2) is 5.16 Å². The van der Waals surface area contributed by atoms with Gasteiger partial charge in [-0.25, -0.2) is 14.8 Å². The number of ether oxygens (including phenoxy) is 1. The molecule has 1 aromatic heterocycles. The van der Waals surface area contributed by atoms with Gasteiger partial charge in [-0.05, 0) is 37.6 Å². The van der Waals surface area contributed by atoms with Crippen LogP contribution in [0.4, 0.5) is 10.6 Å². The summed E-state index contributed by atoms with van der Waals surface area (Å²) in [6, 6.07) is 10.2. The first-order valence-electron chi connectivity index (χ1n) is 10.6. The van der Waals surface area contributed by atoms with Crippen molar-refractivity contribution in [3.63, 3.8) is 0 Å². The van der Waals surface area contributed by atoms with Crippen LogP contribution < -0.4 is 10.2 Å². The van der Waals surface area contributed by atoms with Crippen LogP contribution in [0, 0.1) is 0 Å². The third-order valence-corrected chi connectivity index (χ3v) is 6.82. The van der Waals surface area contributed by atoms with Crippen molar-refractivity contribution in [2.45, 2.75) is 49.7 Å². The zero-order valence-electron chi connectivity index (χ0n) is 17.2. The topological polar surface area (TPSA) is 70.6 Å². The van der Waals surface area contributed by atoms with Crippen LogP contribution in [-0.2, 0) is 24.3 Å². The highest BCUT2D eigenvalue weighted by molar-refractivity contribution is 7.98. The van der Waals surface area contributed by atoms with E-state index < -0.39 is 0 Å². The third kappa shape index (κ3) is 3.74. The number of hydrogen-bond donors (Lipinski definition) is 1. The van der Waals surface area contributed by atoms with Crippen molar-refractivity contribution in [3.05, 3.63) is 47.2 Å². The second-order valence-electron chi connectivity index (χ2n) is 8.12. The first-order chi connectivity index (χ1) is 14.7. The van der Waals surface area contributed by atoms with E-state index in [1.807, 2.05) is 41.5 Å². The van der Waals surface area contributed by atoms with Gasteiger partial charge in [0.2, 0.25) is 0 Å². The summed E-state index contributed by atoms with van der Waals surface area (Å²) in [6.07, 6.45) is 4.82. The molecule has 3 aliphatic rings. The number of nitrogens with zero attached hydrogens (tertiary/aromatic N) is 4. The molecule has 1 N–H and O–H groups in total. The van der Waals surface area contributed by atoms with Crippen LogP contribution in [0.2, 0.25) is 0 Å². The average Bonchev–Trinajstić information content (AvgIpc) is 3.06. The van der Waals surface area contributed by atoms with Crippen LogP contribution in [-0.4, -0.2) is 58.9 Å². The number of benzene rings is 1. The van der Waals surface area contributed by atoms with E-state index in [0.29, 0.717) is 6.61 Å². The lowest BCUT2D eigenvalue weighted by Crippen LogP contribution is -2.56. The molecule has 2 fully saturated rings. The van der Waals surface area contributed by atoms with E-state index >= 15 is 0 Å². The maximum atomic E-state index is 12.9. The number of anilines is 1. The molecule has 2 bridgehead atoms. The molecule has 0 radical (unpaired) electrons. The molecule has 0 spiro atoms. The number of rotatable bonds is 4. The number of fused-ring (bicyclic) bond motifs is 3. The summed E-state index contributed by atoms with van der Waals surface area (Å²) in [7, 11) is 0. The molecule has 2 saturated heterocycles. The van der Waals surface area contributed by atoms with Gasteiger partial charge in [-0.2, -0.15) is 0 Å². The van der Waals surface area contributed by atoms with Gasteiger partial charge < -0.3 is 15.0 Å². The number of aromatic nitrogens is 2. The number of hydrogen-bond acceptors (Lipinski definition) is 7. The molecular formula is C22H27N5O2S. The van der Waals surface area contributed by atoms with E-state index in [0.717, 1.165) is 67.7 Å². The summed E-state index contributed by atoms with van der Waals surface area (Å²) in [5.74, 6) is 1.07. The van der Waals surface area contributed by atoms with Crippen LogP contribution in [0.25, 0.3) is 0 Å². The Balaban J connectivity index is 1.32. The minimum absolute atomic E-state index is 0.178. The molecule has 3 aliphatic heterocycles. The van der Waals surface area contributed by atoms with Crippen LogP contribution in [0.15, 0.2) is 35.5 Å². The predicted octanol–water partition coefficient (Wildman–Crippen LogP) is 2.83. The first kappa shape index (κ1) is 19.6. The quantitative estimate of drug-likeness (QED) is 0.597. The SMILES string of the molecule is CSc1nc2c(c(N3CC4CCC(C3)N4C(=O)OCc3ccccc3)n1)CCNC2. The van der Waals surface area contributed by atoms with Gasteiger partial charge in [-0.3, -0.25) is 4.90 Å². The monoisotopic (exact) mass is 425 g/mol. The minimum atomic E-state index is -0.190. The summed E-state index contributed by atoms with van der Waals surface area (Å²) in [6.45, 7) is 3.70. The lowest BCUT2D eigenvalue weighted by molar-refractivity contribution is 0.0732. The molecular weight excluding hydrogens is 398 g/mol. The predicted molar refractivity (Wildman–Crippen MR) is 117 cm³/mol. The number of amides is 1. The second kappa shape index (κ2) is 8.43. The lowest BCUT2D eigenvalue weighted by Gasteiger charge is -2.41. The van der Waals surface area contributed by atoms with Gasteiger partial charge >= 0.3 is 6.09 Å². The van der Waals surface area contributed by atoms with E-state index in [2.05, 4.69) is 10.2 Å². The van der Waals surface area contributed by atoms with E-state index in [1.165, 1.54) is 5.56 Å². The highest BCUT2D eigenvalue weighted by Crippen LogP contribution is 2.35. The number of carbonyl (C=O) groups is 1. The zero-order chi connectivity index (χ0) is 20.5.